The zero-order valence-corrected chi connectivity index (χ0v) is 16.6. The summed E-state index contributed by atoms with van der Waals surface area (Å²) in [6.45, 7) is 0.544. The van der Waals surface area contributed by atoms with Gasteiger partial charge >= 0.3 is 0 Å². The van der Waals surface area contributed by atoms with Gasteiger partial charge in [-0.15, -0.1) is 12.4 Å². The lowest BCUT2D eigenvalue weighted by atomic mass is 10.0. The van der Waals surface area contributed by atoms with Crippen LogP contribution in [-0.2, 0) is 14.6 Å². The van der Waals surface area contributed by atoms with Gasteiger partial charge in [-0.05, 0) is 49.6 Å². The number of benzene rings is 1. The Kier molecular flexibility index (Phi) is 8.05. The number of hydrogen-bond acceptors (Lipinski definition) is 5. The Morgan fingerprint density at radius 2 is 1.81 bits per heavy atom. The fourth-order valence-corrected chi connectivity index (χ4v) is 4.25. The van der Waals surface area contributed by atoms with Gasteiger partial charge in [0.1, 0.15) is 5.75 Å². The number of sulfone groups is 1. The van der Waals surface area contributed by atoms with E-state index >= 15 is 0 Å². The van der Waals surface area contributed by atoms with Gasteiger partial charge < -0.3 is 16.0 Å². The van der Waals surface area contributed by atoms with E-state index in [0.717, 1.165) is 19.3 Å². The second kappa shape index (κ2) is 9.34. The number of nitrogens with one attached hydrogen (secondary N) is 1. The molecule has 0 aromatic heterocycles. The van der Waals surface area contributed by atoms with Gasteiger partial charge in [0.2, 0.25) is 5.91 Å². The maximum absolute atomic E-state index is 12.3. The summed E-state index contributed by atoms with van der Waals surface area (Å²) in [4.78, 5) is 25.2. The minimum absolute atomic E-state index is 0. The topological polar surface area (TPSA) is 110 Å². The van der Waals surface area contributed by atoms with Crippen LogP contribution >= 0.6 is 12.4 Å². The van der Waals surface area contributed by atoms with Gasteiger partial charge in [-0.2, -0.15) is 0 Å². The molecular formula is C17H26ClN3O4S. The summed E-state index contributed by atoms with van der Waals surface area (Å²) >= 11 is 0. The van der Waals surface area contributed by atoms with Crippen LogP contribution in [0.4, 0.5) is 0 Å². The second-order valence-corrected chi connectivity index (χ2v) is 8.57. The molecule has 7 nitrogen and oxygen atoms in total. The van der Waals surface area contributed by atoms with Crippen molar-refractivity contribution in [2.45, 2.75) is 30.2 Å². The monoisotopic (exact) mass is 403 g/mol. The largest absolute Gasteiger partial charge is 0.349 e. The molecule has 26 heavy (non-hydrogen) atoms. The molecule has 2 atom stereocenters. The average molecular weight is 404 g/mol. The van der Waals surface area contributed by atoms with Crippen LogP contribution in [0.15, 0.2) is 29.2 Å². The third-order valence-corrected chi connectivity index (χ3v) is 6.18. The van der Waals surface area contributed by atoms with Crippen LogP contribution in [0, 0.1) is 5.92 Å². The van der Waals surface area contributed by atoms with Crippen molar-refractivity contribution in [1.82, 2.24) is 10.2 Å². The summed E-state index contributed by atoms with van der Waals surface area (Å²) in [6, 6.07) is 5.73. The summed E-state index contributed by atoms with van der Waals surface area (Å²) < 4.78 is 24.5. The molecule has 1 aliphatic rings. The maximum Gasteiger partial charge on any atom is 0.251 e. The van der Waals surface area contributed by atoms with Crippen molar-refractivity contribution in [3.05, 3.63) is 29.8 Å². The molecular weight excluding hydrogens is 378 g/mol. The van der Waals surface area contributed by atoms with Gasteiger partial charge in [-0.25, -0.2) is 8.42 Å². The first kappa shape index (κ1) is 22.4. The van der Waals surface area contributed by atoms with E-state index in [0.29, 0.717) is 18.0 Å². The highest BCUT2D eigenvalue weighted by Crippen LogP contribution is 2.25. The van der Waals surface area contributed by atoms with E-state index in [1.165, 1.54) is 43.3 Å². The van der Waals surface area contributed by atoms with Crippen LogP contribution in [-0.4, -0.2) is 57.6 Å². The van der Waals surface area contributed by atoms with E-state index < -0.39 is 21.5 Å². The fourth-order valence-electron chi connectivity index (χ4n) is 2.95. The van der Waals surface area contributed by atoms with Gasteiger partial charge in [0.25, 0.3) is 5.91 Å². The molecule has 146 valence electrons. The lowest BCUT2D eigenvalue weighted by Crippen LogP contribution is -2.39. The molecule has 0 radical (unpaired) electrons. The van der Waals surface area contributed by atoms with Gasteiger partial charge in [-0.3, -0.25) is 9.59 Å². The summed E-state index contributed by atoms with van der Waals surface area (Å²) in [5.74, 6) is -1.03. The Balaban J connectivity index is 0.00000338. The lowest BCUT2D eigenvalue weighted by Gasteiger charge is -2.19. The number of carbonyl (C=O) groups excluding carboxylic acids is 2. The Bertz CT molecular complexity index is 735. The number of halogens is 1. The molecule has 1 aromatic carbocycles. The van der Waals surface area contributed by atoms with Gasteiger partial charge in [0.05, 0.1) is 4.90 Å². The highest BCUT2D eigenvalue weighted by Gasteiger charge is 2.28. The maximum atomic E-state index is 12.3. The standard InChI is InChI=1S/C17H25N3O4S.ClH/c1-20(2)16(21)11-25(23,24)14-8-6-12(7-9-14)17(22)19-15-5-3-4-13(15)10-18;/h6-9,13,15H,3-5,10-11,18H2,1-2H3,(H,19,22);1H. The van der Waals surface area contributed by atoms with E-state index in [4.69, 9.17) is 5.73 Å². The van der Waals surface area contributed by atoms with E-state index in [9.17, 15) is 18.0 Å². The smallest absolute Gasteiger partial charge is 0.251 e. The van der Waals surface area contributed by atoms with Crippen molar-refractivity contribution in [1.29, 1.82) is 0 Å². The molecule has 2 rings (SSSR count). The van der Waals surface area contributed by atoms with Crippen molar-refractivity contribution in [3.63, 3.8) is 0 Å². The number of nitrogens with two attached hydrogens (primary N) is 1. The normalized spacial score (nSPS) is 19.5. The summed E-state index contributed by atoms with van der Waals surface area (Å²) in [7, 11) is -0.716. The summed E-state index contributed by atoms with van der Waals surface area (Å²) in [5.41, 5.74) is 6.11. The molecule has 0 saturated heterocycles. The predicted octanol–water partition coefficient (Wildman–Crippen LogP) is 0.828. The first-order chi connectivity index (χ1) is 11.7. The molecule has 1 saturated carbocycles. The highest BCUT2D eigenvalue weighted by atomic mass is 35.5. The summed E-state index contributed by atoms with van der Waals surface area (Å²) in [5, 5.41) is 2.97. The van der Waals surface area contributed by atoms with E-state index in [1.54, 1.807) is 0 Å². The Labute approximate surface area is 160 Å². The molecule has 0 aliphatic heterocycles. The molecule has 1 aliphatic carbocycles. The van der Waals surface area contributed by atoms with Crippen LogP contribution in [0.25, 0.3) is 0 Å². The molecule has 1 fully saturated rings. The molecule has 0 heterocycles. The number of nitrogens with zero attached hydrogens (tertiary/aromatic N) is 1. The SMILES string of the molecule is CN(C)C(=O)CS(=O)(=O)c1ccc(C(=O)NC2CCCC2CN)cc1.Cl. The van der Waals surface area contributed by atoms with Crippen molar-refractivity contribution in [2.75, 3.05) is 26.4 Å². The lowest BCUT2D eigenvalue weighted by molar-refractivity contribution is -0.125. The van der Waals surface area contributed by atoms with Crippen molar-refractivity contribution >= 4 is 34.1 Å². The quantitative estimate of drug-likeness (QED) is 0.731. The van der Waals surface area contributed by atoms with Crippen LogP contribution in [0.5, 0.6) is 0 Å². The van der Waals surface area contributed by atoms with Crippen LogP contribution in [0.1, 0.15) is 29.6 Å². The molecule has 1 aromatic rings. The first-order valence-electron chi connectivity index (χ1n) is 8.28. The van der Waals surface area contributed by atoms with Crippen LogP contribution < -0.4 is 11.1 Å². The fraction of sp³-hybridized carbons (Fsp3) is 0.529. The molecule has 3 N–H and O–H groups in total. The average Bonchev–Trinajstić information content (AvgIpc) is 3.01. The minimum atomic E-state index is -3.72. The Morgan fingerprint density at radius 3 is 2.35 bits per heavy atom. The third-order valence-electron chi connectivity index (χ3n) is 4.57. The first-order valence-corrected chi connectivity index (χ1v) is 9.93. The zero-order valence-electron chi connectivity index (χ0n) is 15.0. The van der Waals surface area contributed by atoms with Crippen molar-refractivity contribution < 1.29 is 18.0 Å². The number of rotatable bonds is 6. The van der Waals surface area contributed by atoms with Gasteiger partial charge in [0, 0.05) is 25.7 Å². The molecule has 2 unspecified atom stereocenters. The second-order valence-electron chi connectivity index (χ2n) is 6.58. The van der Waals surface area contributed by atoms with Gasteiger partial charge in [0.15, 0.2) is 9.84 Å². The van der Waals surface area contributed by atoms with Crippen LogP contribution in [0.3, 0.4) is 0 Å². The predicted molar refractivity (Wildman–Crippen MR) is 102 cm³/mol. The van der Waals surface area contributed by atoms with Crippen LogP contribution in [0.2, 0.25) is 0 Å². The summed E-state index contributed by atoms with van der Waals surface area (Å²) in [6.07, 6.45) is 2.97. The zero-order chi connectivity index (χ0) is 18.6. The van der Waals surface area contributed by atoms with E-state index in [-0.39, 0.29) is 29.3 Å². The molecule has 0 bridgehead atoms. The Hall–Kier alpha value is -1.64. The van der Waals surface area contributed by atoms with E-state index in [1.807, 2.05) is 0 Å². The molecule has 9 heteroatoms. The minimum Gasteiger partial charge on any atom is -0.349 e. The number of carbonyl (C=O) groups is 2. The van der Waals surface area contributed by atoms with Crippen molar-refractivity contribution in [3.8, 4) is 0 Å². The Morgan fingerprint density at radius 1 is 1.19 bits per heavy atom. The highest BCUT2D eigenvalue weighted by molar-refractivity contribution is 7.92. The third kappa shape index (κ3) is 5.43. The van der Waals surface area contributed by atoms with E-state index in [2.05, 4.69) is 5.32 Å². The number of amides is 2. The molecule has 2 amide bonds. The molecule has 0 spiro atoms. The van der Waals surface area contributed by atoms with Crippen molar-refractivity contribution in [2.24, 2.45) is 11.7 Å². The van der Waals surface area contributed by atoms with Gasteiger partial charge in [-0.1, -0.05) is 6.42 Å². The number of hydrogen-bond donors (Lipinski definition) is 2.